The minimum absolute atomic E-state index is 0.00693. The standard InChI is InChI=1S/C17H24N2O3/c1-3-19(4-2)16(22)10-9-15(21)18-17-13-8-6-5-7-12(13)11-14(17)20/h5-8,14,17,20H,3-4,9-11H2,1-2H3,(H,18,21). The molecule has 2 rings (SSSR count). The maximum Gasteiger partial charge on any atom is 0.223 e. The third-order valence-corrected chi connectivity index (χ3v) is 4.20. The fourth-order valence-electron chi connectivity index (χ4n) is 2.95. The van der Waals surface area contributed by atoms with Gasteiger partial charge in [-0.2, -0.15) is 0 Å². The number of carbonyl (C=O) groups excluding carboxylic acids is 2. The SMILES string of the molecule is CCN(CC)C(=O)CCC(=O)NC1c2ccccc2CC1O. The van der Waals surface area contributed by atoms with Crippen LogP contribution in [0.5, 0.6) is 0 Å². The molecule has 2 amide bonds. The van der Waals surface area contributed by atoms with E-state index in [4.69, 9.17) is 0 Å². The van der Waals surface area contributed by atoms with E-state index in [0.29, 0.717) is 19.5 Å². The van der Waals surface area contributed by atoms with Crippen LogP contribution in [0.4, 0.5) is 0 Å². The van der Waals surface area contributed by atoms with Crippen LogP contribution in [-0.2, 0) is 16.0 Å². The van der Waals surface area contributed by atoms with Crippen LogP contribution in [0.3, 0.4) is 0 Å². The first kappa shape index (κ1) is 16.5. The van der Waals surface area contributed by atoms with Gasteiger partial charge in [-0.1, -0.05) is 24.3 Å². The van der Waals surface area contributed by atoms with Crippen LogP contribution in [0.15, 0.2) is 24.3 Å². The minimum atomic E-state index is -0.597. The lowest BCUT2D eigenvalue weighted by Gasteiger charge is -2.20. The number of fused-ring (bicyclic) bond motifs is 1. The Bertz CT molecular complexity index is 540. The molecule has 2 atom stereocenters. The van der Waals surface area contributed by atoms with Crippen molar-refractivity contribution in [3.8, 4) is 0 Å². The van der Waals surface area contributed by atoms with Crippen molar-refractivity contribution in [1.82, 2.24) is 10.2 Å². The van der Waals surface area contributed by atoms with Crippen molar-refractivity contribution in [2.75, 3.05) is 13.1 Å². The highest BCUT2D eigenvalue weighted by molar-refractivity contribution is 5.84. The van der Waals surface area contributed by atoms with Gasteiger partial charge in [0.15, 0.2) is 0 Å². The molecule has 1 aromatic rings. The monoisotopic (exact) mass is 304 g/mol. The van der Waals surface area contributed by atoms with E-state index in [1.807, 2.05) is 38.1 Å². The number of aliphatic hydroxyl groups excluding tert-OH is 1. The molecule has 0 aliphatic heterocycles. The molecule has 0 saturated carbocycles. The molecule has 1 aromatic carbocycles. The number of rotatable bonds is 6. The largest absolute Gasteiger partial charge is 0.390 e. The summed E-state index contributed by atoms with van der Waals surface area (Å²) >= 11 is 0. The van der Waals surface area contributed by atoms with Crippen LogP contribution in [0.2, 0.25) is 0 Å². The smallest absolute Gasteiger partial charge is 0.223 e. The van der Waals surface area contributed by atoms with Crippen molar-refractivity contribution in [1.29, 1.82) is 0 Å². The van der Waals surface area contributed by atoms with Gasteiger partial charge in [-0.3, -0.25) is 9.59 Å². The highest BCUT2D eigenvalue weighted by Crippen LogP contribution is 2.31. The lowest BCUT2D eigenvalue weighted by molar-refractivity contribution is -0.133. The predicted molar refractivity (Wildman–Crippen MR) is 84.2 cm³/mol. The van der Waals surface area contributed by atoms with Crippen molar-refractivity contribution in [3.05, 3.63) is 35.4 Å². The normalized spacial score (nSPS) is 19.6. The van der Waals surface area contributed by atoms with E-state index < -0.39 is 6.10 Å². The molecule has 120 valence electrons. The maximum absolute atomic E-state index is 12.1. The van der Waals surface area contributed by atoms with Crippen molar-refractivity contribution >= 4 is 11.8 Å². The van der Waals surface area contributed by atoms with Crippen LogP contribution < -0.4 is 5.32 Å². The quantitative estimate of drug-likeness (QED) is 0.835. The van der Waals surface area contributed by atoms with Gasteiger partial charge in [0, 0.05) is 32.4 Å². The summed E-state index contributed by atoms with van der Waals surface area (Å²) in [7, 11) is 0. The third kappa shape index (κ3) is 3.65. The van der Waals surface area contributed by atoms with Crippen LogP contribution in [0.25, 0.3) is 0 Å². The lowest BCUT2D eigenvalue weighted by Crippen LogP contribution is -2.35. The fraction of sp³-hybridized carbons (Fsp3) is 0.529. The topological polar surface area (TPSA) is 69.6 Å². The van der Waals surface area contributed by atoms with Crippen molar-refractivity contribution < 1.29 is 14.7 Å². The Balaban J connectivity index is 1.89. The number of carbonyl (C=O) groups is 2. The van der Waals surface area contributed by atoms with Gasteiger partial charge in [-0.05, 0) is 25.0 Å². The predicted octanol–water partition coefficient (Wildman–Crippen LogP) is 1.41. The molecule has 0 aromatic heterocycles. The Kier molecular flexibility index (Phi) is 5.55. The summed E-state index contributed by atoms with van der Waals surface area (Å²) in [6.07, 6.45) is 0.317. The molecule has 0 fully saturated rings. The van der Waals surface area contributed by atoms with Crippen LogP contribution >= 0.6 is 0 Å². The van der Waals surface area contributed by atoms with E-state index >= 15 is 0 Å². The van der Waals surface area contributed by atoms with Crippen LogP contribution in [0, 0.1) is 0 Å². The van der Waals surface area contributed by atoms with Crippen molar-refractivity contribution in [2.24, 2.45) is 0 Å². The summed E-state index contributed by atoms with van der Waals surface area (Å²) in [5.41, 5.74) is 2.04. The van der Waals surface area contributed by atoms with Gasteiger partial charge in [0.25, 0.3) is 0 Å². The van der Waals surface area contributed by atoms with Crippen LogP contribution in [-0.4, -0.2) is 41.0 Å². The molecular formula is C17H24N2O3. The van der Waals surface area contributed by atoms with Gasteiger partial charge in [0.2, 0.25) is 11.8 Å². The van der Waals surface area contributed by atoms with Gasteiger partial charge in [-0.25, -0.2) is 0 Å². The summed E-state index contributed by atoms with van der Waals surface area (Å²) < 4.78 is 0. The van der Waals surface area contributed by atoms with Crippen LogP contribution in [0.1, 0.15) is 43.9 Å². The Hall–Kier alpha value is -1.88. The van der Waals surface area contributed by atoms with E-state index in [-0.39, 0.29) is 30.7 Å². The molecule has 5 nitrogen and oxygen atoms in total. The highest BCUT2D eigenvalue weighted by atomic mass is 16.3. The van der Waals surface area contributed by atoms with Crippen molar-refractivity contribution in [2.45, 2.75) is 45.3 Å². The summed E-state index contributed by atoms with van der Waals surface area (Å²) in [4.78, 5) is 25.7. The van der Waals surface area contributed by atoms with Gasteiger partial charge in [-0.15, -0.1) is 0 Å². The van der Waals surface area contributed by atoms with E-state index in [9.17, 15) is 14.7 Å². The summed E-state index contributed by atoms with van der Waals surface area (Å²) in [6, 6.07) is 7.36. The Morgan fingerprint density at radius 3 is 2.59 bits per heavy atom. The number of nitrogens with one attached hydrogen (secondary N) is 1. The Morgan fingerprint density at radius 1 is 1.23 bits per heavy atom. The number of amides is 2. The number of nitrogens with zero attached hydrogens (tertiary/aromatic N) is 1. The lowest BCUT2D eigenvalue weighted by atomic mass is 10.1. The molecule has 22 heavy (non-hydrogen) atoms. The number of hydrogen-bond acceptors (Lipinski definition) is 3. The second-order valence-corrected chi connectivity index (χ2v) is 5.58. The number of hydrogen-bond donors (Lipinski definition) is 2. The number of aliphatic hydroxyl groups is 1. The molecule has 0 radical (unpaired) electrons. The average Bonchev–Trinajstić information content (AvgIpc) is 2.82. The van der Waals surface area contributed by atoms with E-state index in [1.165, 1.54) is 0 Å². The summed E-state index contributed by atoms with van der Waals surface area (Å²) in [5.74, 6) is -0.200. The zero-order chi connectivity index (χ0) is 16.1. The molecule has 2 unspecified atom stereocenters. The molecule has 1 aliphatic rings. The zero-order valence-electron chi connectivity index (χ0n) is 13.2. The molecule has 2 N–H and O–H groups in total. The molecule has 0 heterocycles. The fourth-order valence-corrected chi connectivity index (χ4v) is 2.95. The average molecular weight is 304 g/mol. The first-order valence-electron chi connectivity index (χ1n) is 7.89. The van der Waals surface area contributed by atoms with E-state index in [0.717, 1.165) is 11.1 Å². The maximum atomic E-state index is 12.1. The summed E-state index contributed by atoms with van der Waals surface area (Å²) in [6.45, 7) is 5.16. The van der Waals surface area contributed by atoms with E-state index in [1.54, 1.807) is 4.90 Å². The molecule has 5 heteroatoms. The third-order valence-electron chi connectivity index (χ3n) is 4.20. The number of benzene rings is 1. The first-order chi connectivity index (χ1) is 10.6. The van der Waals surface area contributed by atoms with Crippen molar-refractivity contribution in [3.63, 3.8) is 0 Å². The summed E-state index contributed by atoms with van der Waals surface area (Å²) in [5, 5.41) is 13.0. The highest BCUT2D eigenvalue weighted by Gasteiger charge is 2.31. The Morgan fingerprint density at radius 2 is 1.91 bits per heavy atom. The van der Waals surface area contributed by atoms with Gasteiger partial charge in [0.1, 0.15) is 0 Å². The van der Waals surface area contributed by atoms with Gasteiger partial charge >= 0.3 is 0 Å². The molecule has 0 saturated heterocycles. The Labute approximate surface area is 131 Å². The second kappa shape index (κ2) is 7.40. The first-order valence-corrected chi connectivity index (χ1v) is 7.89. The molecule has 0 spiro atoms. The second-order valence-electron chi connectivity index (χ2n) is 5.58. The van der Waals surface area contributed by atoms with Gasteiger partial charge < -0.3 is 15.3 Å². The van der Waals surface area contributed by atoms with E-state index in [2.05, 4.69) is 5.32 Å². The van der Waals surface area contributed by atoms with Gasteiger partial charge in [0.05, 0.1) is 12.1 Å². The molecular weight excluding hydrogens is 280 g/mol. The zero-order valence-corrected chi connectivity index (χ0v) is 13.2. The minimum Gasteiger partial charge on any atom is -0.390 e. The molecule has 1 aliphatic carbocycles. The molecule has 0 bridgehead atoms.